The first-order chi connectivity index (χ1) is 13.8. The molecule has 0 aliphatic carbocycles. The van der Waals surface area contributed by atoms with E-state index in [4.69, 9.17) is 10.7 Å². The first-order valence-corrected chi connectivity index (χ1v) is 10.6. The van der Waals surface area contributed by atoms with Gasteiger partial charge in [0, 0.05) is 17.8 Å². The molecule has 1 saturated heterocycles. The first-order valence-electron chi connectivity index (χ1n) is 9.72. The van der Waals surface area contributed by atoms with Crippen LogP contribution in [0.3, 0.4) is 0 Å². The molecule has 4 rings (SSSR count). The highest BCUT2D eigenvalue weighted by Crippen LogP contribution is 2.51. The van der Waals surface area contributed by atoms with Gasteiger partial charge in [-0.15, -0.1) is 11.8 Å². The summed E-state index contributed by atoms with van der Waals surface area (Å²) in [4.78, 5) is 4.89. The van der Waals surface area contributed by atoms with Crippen LogP contribution in [0.25, 0.3) is 0 Å². The topological polar surface area (TPSA) is 47.3 Å². The summed E-state index contributed by atoms with van der Waals surface area (Å²) in [5, 5.41) is 4.02. The lowest BCUT2D eigenvalue weighted by molar-refractivity contribution is 0.119. The van der Waals surface area contributed by atoms with Crippen molar-refractivity contribution in [2.45, 2.75) is 22.5 Å². The van der Waals surface area contributed by atoms with Crippen molar-refractivity contribution in [2.24, 2.45) is 5.90 Å². The lowest BCUT2D eigenvalue weighted by Crippen LogP contribution is -2.29. The Balaban J connectivity index is 1.82. The van der Waals surface area contributed by atoms with Gasteiger partial charge in [-0.2, -0.15) is 0 Å². The number of hydrogen-bond acceptors (Lipinski definition) is 4. The van der Waals surface area contributed by atoms with E-state index in [1.807, 2.05) is 11.8 Å². The van der Waals surface area contributed by atoms with Gasteiger partial charge in [-0.05, 0) is 23.1 Å². The van der Waals surface area contributed by atoms with Crippen molar-refractivity contribution in [3.05, 3.63) is 108 Å². The van der Waals surface area contributed by atoms with Gasteiger partial charge in [0.05, 0.1) is 11.4 Å². The highest BCUT2D eigenvalue weighted by atomic mass is 32.2. The maximum Gasteiger partial charge on any atom is 0.0910 e. The maximum absolute atomic E-state index is 5.31. The van der Waals surface area contributed by atoms with Crippen molar-refractivity contribution in [3.63, 3.8) is 0 Å². The number of rotatable bonds is 7. The van der Waals surface area contributed by atoms with Crippen LogP contribution < -0.4 is 11.2 Å². The highest BCUT2D eigenvalue weighted by Gasteiger charge is 2.41. The second kappa shape index (κ2) is 8.93. The smallest absolute Gasteiger partial charge is 0.0910 e. The Morgan fingerprint density at radius 2 is 1.29 bits per heavy atom. The number of hydrogen-bond donors (Lipinski definition) is 2. The van der Waals surface area contributed by atoms with Gasteiger partial charge >= 0.3 is 0 Å². The molecule has 0 bridgehead atoms. The van der Waals surface area contributed by atoms with Gasteiger partial charge in [0.15, 0.2) is 0 Å². The SMILES string of the molecule is NOCC1CC(SC(c2ccccc2)(c2ccccc2)c2ccccc2)CN1. The van der Waals surface area contributed by atoms with E-state index in [9.17, 15) is 0 Å². The van der Waals surface area contributed by atoms with Gasteiger partial charge in [-0.3, -0.25) is 0 Å². The van der Waals surface area contributed by atoms with Crippen LogP contribution in [-0.4, -0.2) is 24.4 Å². The van der Waals surface area contributed by atoms with Gasteiger partial charge in [0.2, 0.25) is 0 Å². The van der Waals surface area contributed by atoms with Crippen molar-refractivity contribution in [2.75, 3.05) is 13.2 Å². The van der Waals surface area contributed by atoms with Gasteiger partial charge in [-0.1, -0.05) is 91.0 Å². The second-order valence-corrected chi connectivity index (χ2v) is 8.71. The van der Waals surface area contributed by atoms with Crippen molar-refractivity contribution in [3.8, 4) is 0 Å². The molecule has 0 aromatic heterocycles. The number of nitrogens with one attached hydrogen (secondary N) is 1. The second-order valence-electron chi connectivity index (χ2n) is 7.19. The Morgan fingerprint density at radius 1 is 0.821 bits per heavy atom. The van der Waals surface area contributed by atoms with Gasteiger partial charge in [0.25, 0.3) is 0 Å². The molecular weight excluding hydrogens is 364 g/mol. The van der Waals surface area contributed by atoms with Crippen LogP contribution in [0, 0.1) is 0 Å². The zero-order valence-corrected chi connectivity index (χ0v) is 16.6. The molecule has 3 aromatic rings. The zero-order chi connectivity index (χ0) is 19.2. The zero-order valence-electron chi connectivity index (χ0n) is 15.8. The summed E-state index contributed by atoms with van der Waals surface area (Å²) < 4.78 is -0.269. The summed E-state index contributed by atoms with van der Waals surface area (Å²) in [5.41, 5.74) is 3.91. The quantitative estimate of drug-likeness (QED) is 0.466. The molecule has 3 aromatic carbocycles. The molecule has 2 atom stereocenters. The van der Waals surface area contributed by atoms with Gasteiger partial charge < -0.3 is 10.2 Å². The third-order valence-corrected chi connectivity index (χ3v) is 7.12. The molecule has 0 saturated carbocycles. The first kappa shape index (κ1) is 19.2. The summed E-state index contributed by atoms with van der Waals surface area (Å²) in [6, 6.07) is 32.8. The normalized spacial score (nSPS) is 19.6. The van der Waals surface area contributed by atoms with Crippen molar-refractivity contribution in [1.29, 1.82) is 0 Å². The fourth-order valence-electron chi connectivity index (χ4n) is 4.09. The van der Waals surface area contributed by atoms with Crippen molar-refractivity contribution in [1.82, 2.24) is 5.32 Å². The standard InChI is InChI=1S/C24H26N2OS/c25-27-18-22-16-23(17-26-22)28-24(19-10-4-1-5-11-19,20-12-6-2-7-13-20)21-14-8-3-9-15-21/h1-15,22-23,26H,16-18,25H2. The Bertz CT molecular complexity index is 761. The predicted octanol–water partition coefficient (Wildman–Crippen LogP) is 4.33. The molecule has 0 spiro atoms. The summed E-state index contributed by atoms with van der Waals surface area (Å²) in [6.45, 7) is 1.50. The van der Waals surface area contributed by atoms with E-state index in [0.29, 0.717) is 17.9 Å². The van der Waals surface area contributed by atoms with Gasteiger partial charge in [0.1, 0.15) is 0 Å². The van der Waals surface area contributed by atoms with Crippen LogP contribution in [0.2, 0.25) is 0 Å². The summed E-state index contributed by atoms with van der Waals surface area (Å²) in [7, 11) is 0. The van der Waals surface area contributed by atoms with E-state index in [2.05, 4.69) is 96.3 Å². The van der Waals surface area contributed by atoms with Crippen LogP contribution in [0.15, 0.2) is 91.0 Å². The molecule has 0 amide bonds. The molecule has 1 aliphatic rings. The fraction of sp³-hybridized carbons (Fsp3) is 0.250. The van der Waals surface area contributed by atoms with Crippen LogP contribution in [-0.2, 0) is 9.58 Å². The number of nitrogens with two attached hydrogens (primary N) is 1. The Hall–Kier alpha value is -2.11. The fourth-order valence-corrected chi connectivity index (χ4v) is 5.91. The van der Waals surface area contributed by atoms with E-state index >= 15 is 0 Å². The largest absolute Gasteiger partial charge is 0.310 e. The van der Waals surface area contributed by atoms with E-state index in [1.54, 1.807) is 0 Å². The number of thioether (sulfide) groups is 1. The molecule has 1 heterocycles. The van der Waals surface area contributed by atoms with Crippen LogP contribution in [0.5, 0.6) is 0 Å². The third-order valence-electron chi connectivity index (χ3n) is 5.36. The molecular formula is C24H26N2OS. The number of benzene rings is 3. The van der Waals surface area contributed by atoms with Crippen molar-refractivity contribution >= 4 is 11.8 Å². The molecule has 3 N–H and O–H groups in total. The van der Waals surface area contributed by atoms with Gasteiger partial charge in [-0.25, -0.2) is 5.90 Å². The van der Waals surface area contributed by atoms with E-state index in [-0.39, 0.29) is 4.75 Å². The molecule has 144 valence electrons. The molecule has 2 unspecified atom stereocenters. The Kier molecular flexibility index (Phi) is 6.13. The summed E-state index contributed by atoms with van der Waals surface area (Å²) >= 11 is 2.03. The Labute approximate surface area is 171 Å². The minimum absolute atomic E-state index is 0.269. The summed E-state index contributed by atoms with van der Waals surface area (Å²) in [6.07, 6.45) is 1.04. The minimum atomic E-state index is -0.269. The molecule has 0 radical (unpaired) electrons. The molecule has 28 heavy (non-hydrogen) atoms. The van der Waals surface area contributed by atoms with Crippen LogP contribution >= 0.6 is 11.8 Å². The highest BCUT2D eigenvalue weighted by molar-refractivity contribution is 8.01. The van der Waals surface area contributed by atoms with E-state index in [0.717, 1.165) is 13.0 Å². The third kappa shape index (κ3) is 3.87. The molecule has 1 aliphatic heterocycles. The van der Waals surface area contributed by atoms with Crippen molar-refractivity contribution < 1.29 is 4.84 Å². The Morgan fingerprint density at radius 3 is 1.71 bits per heavy atom. The molecule has 1 fully saturated rings. The average Bonchev–Trinajstić information content (AvgIpc) is 3.21. The average molecular weight is 391 g/mol. The maximum atomic E-state index is 5.31. The van der Waals surface area contributed by atoms with E-state index < -0.39 is 0 Å². The lowest BCUT2D eigenvalue weighted by atomic mass is 9.84. The summed E-state index contributed by atoms with van der Waals surface area (Å²) in [5.74, 6) is 5.31. The predicted molar refractivity (Wildman–Crippen MR) is 117 cm³/mol. The lowest BCUT2D eigenvalue weighted by Gasteiger charge is -2.37. The van der Waals surface area contributed by atoms with Crippen LogP contribution in [0.4, 0.5) is 0 Å². The molecule has 3 nitrogen and oxygen atoms in total. The van der Waals surface area contributed by atoms with E-state index in [1.165, 1.54) is 16.7 Å². The minimum Gasteiger partial charge on any atom is -0.310 e. The molecule has 4 heteroatoms. The van der Waals surface area contributed by atoms with Crippen LogP contribution in [0.1, 0.15) is 23.1 Å². The monoisotopic (exact) mass is 390 g/mol.